The monoisotopic (exact) mass is 333 g/mol. The molecule has 0 aliphatic heterocycles. The Kier molecular flexibility index (Phi) is 10.6. The Bertz CT molecular complexity index is 401. The number of carboxylic acid groups (broad SMARTS) is 1. The van der Waals surface area contributed by atoms with Gasteiger partial charge in [0.1, 0.15) is 12.1 Å². The van der Waals surface area contributed by atoms with Crippen LogP contribution in [0.2, 0.25) is 0 Å². The van der Waals surface area contributed by atoms with E-state index in [2.05, 4.69) is 15.6 Å². The molecule has 0 spiro atoms. The van der Waals surface area contributed by atoms with Gasteiger partial charge in [0.05, 0.1) is 0 Å². The number of amides is 2. The van der Waals surface area contributed by atoms with Gasteiger partial charge in [-0.2, -0.15) is 11.8 Å². The minimum Gasteiger partial charge on any atom is -0.480 e. The van der Waals surface area contributed by atoms with Crippen LogP contribution in [0.15, 0.2) is 4.99 Å². The van der Waals surface area contributed by atoms with E-state index < -0.39 is 24.0 Å². The lowest BCUT2D eigenvalue weighted by atomic mass is 10.1. The fraction of sp³-hybridized carbons (Fsp3) is 0.667. The molecule has 0 aliphatic rings. The topological polar surface area (TPSA) is 160 Å². The van der Waals surface area contributed by atoms with E-state index in [1.807, 2.05) is 6.26 Å². The van der Waals surface area contributed by atoms with Crippen LogP contribution in [-0.2, 0) is 14.4 Å². The van der Waals surface area contributed by atoms with Gasteiger partial charge >= 0.3 is 5.97 Å². The molecule has 2 amide bonds. The van der Waals surface area contributed by atoms with Gasteiger partial charge in [0.25, 0.3) is 0 Å². The summed E-state index contributed by atoms with van der Waals surface area (Å²) < 4.78 is 0. The van der Waals surface area contributed by atoms with Gasteiger partial charge in [-0.25, -0.2) is 4.79 Å². The van der Waals surface area contributed by atoms with Crippen molar-refractivity contribution in [2.75, 3.05) is 18.6 Å². The predicted octanol–water partition coefficient (Wildman–Crippen LogP) is -1.52. The molecule has 2 atom stereocenters. The van der Waals surface area contributed by atoms with Gasteiger partial charge in [-0.1, -0.05) is 0 Å². The Hall–Kier alpha value is -1.97. The van der Waals surface area contributed by atoms with Crippen LogP contribution in [0.5, 0.6) is 0 Å². The summed E-state index contributed by atoms with van der Waals surface area (Å²) in [5.74, 6) is -1.06. The molecule has 0 saturated carbocycles. The molecule has 10 heteroatoms. The minimum absolute atomic E-state index is 0.0665. The lowest BCUT2D eigenvalue weighted by molar-refractivity contribution is -0.142. The fourth-order valence-electron chi connectivity index (χ4n) is 1.64. The number of nitrogens with two attached hydrogens (primary N) is 2. The van der Waals surface area contributed by atoms with Crippen LogP contribution in [-0.4, -0.2) is 60.0 Å². The highest BCUT2D eigenvalue weighted by Crippen LogP contribution is 2.03. The molecule has 126 valence electrons. The number of aliphatic carboxylic acids is 1. The van der Waals surface area contributed by atoms with Crippen molar-refractivity contribution in [2.45, 2.75) is 31.3 Å². The summed E-state index contributed by atoms with van der Waals surface area (Å²) in [5.41, 5.74) is 10.3. The third kappa shape index (κ3) is 9.06. The van der Waals surface area contributed by atoms with E-state index in [1.165, 1.54) is 11.8 Å². The minimum atomic E-state index is -1.15. The van der Waals surface area contributed by atoms with Crippen molar-refractivity contribution < 1.29 is 19.5 Å². The zero-order valence-corrected chi connectivity index (χ0v) is 13.3. The second-order valence-electron chi connectivity index (χ2n) is 4.47. The van der Waals surface area contributed by atoms with Gasteiger partial charge in [-0.15, -0.1) is 0 Å². The molecule has 0 aliphatic carbocycles. The normalized spacial score (nSPS) is 12.8. The van der Waals surface area contributed by atoms with Crippen LogP contribution in [0.25, 0.3) is 0 Å². The van der Waals surface area contributed by atoms with Gasteiger partial charge in [0.2, 0.25) is 12.3 Å². The van der Waals surface area contributed by atoms with Crippen LogP contribution in [0, 0.1) is 0 Å². The number of thioether (sulfide) groups is 1. The number of hydrogen-bond acceptors (Lipinski definition) is 5. The molecule has 0 unspecified atom stereocenters. The molecular formula is C12H23N5O4S. The third-order valence-electron chi connectivity index (χ3n) is 2.76. The number of rotatable bonds is 12. The molecular weight excluding hydrogens is 310 g/mol. The first-order chi connectivity index (χ1) is 10.4. The fourth-order valence-corrected chi connectivity index (χ4v) is 2.11. The van der Waals surface area contributed by atoms with Crippen molar-refractivity contribution in [2.24, 2.45) is 16.5 Å². The molecule has 0 aromatic carbocycles. The molecule has 0 rings (SSSR count). The Balaban J connectivity index is 4.50. The number of hydrogen-bond donors (Lipinski definition) is 5. The van der Waals surface area contributed by atoms with Gasteiger partial charge in [0, 0.05) is 6.54 Å². The van der Waals surface area contributed by atoms with Crippen molar-refractivity contribution in [3.63, 3.8) is 0 Å². The quantitative estimate of drug-likeness (QED) is 0.125. The van der Waals surface area contributed by atoms with Crippen molar-refractivity contribution in [1.29, 1.82) is 0 Å². The number of guanidine groups is 1. The third-order valence-corrected chi connectivity index (χ3v) is 3.40. The summed E-state index contributed by atoms with van der Waals surface area (Å²) in [6.45, 7) is 0.282. The number of nitrogens with zero attached hydrogens (tertiary/aromatic N) is 1. The SMILES string of the molecule is CSCC[C@H](NC=O)C(=O)N[C@@H](CCCN=C(N)N)C(=O)O. The number of carbonyl (C=O) groups is 3. The number of nitrogens with one attached hydrogen (secondary N) is 2. The molecule has 0 radical (unpaired) electrons. The van der Waals surface area contributed by atoms with Gasteiger partial charge in [-0.05, 0) is 31.3 Å². The Labute approximate surface area is 133 Å². The molecule has 0 aromatic rings. The van der Waals surface area contributed by atoms with E-state index in [0.29, 0.717) is 25.0 Å². The Morgan fingerprint density at radius 1 is 1.32 bits per heavy atom. The first kappa shape index (κ1) is 20.0. The summed E-state index contributed by atoms with van der Waals surface area (Å²) in [6.07, 6.45) is 3.32. The van der Waals surface area contributed by atoms with Gasteiger partial charge in [-0.3, -0.25) is 14.6 Å². The van der Waals surface area contributed by atoms with Crippen molar-refractivity contribution in [1.82, 2.24) is 10.6 Å². The summed E-state index contributed by atoms with van der Waals surface area (Å²) in [5, 5.41) is 13.9. The molecule has 0 aromatic heterocycles. The van der Waals surface area contributed by atoms with Gasteiger partial charge in [0.15, 0.2) is 5.96 Å². The number of carbonyl (C=O) groups excluding carboxylic acids is 2. The molecule has 9 nitrogen and oxygen atoms in total. The van der Waals surface area contributed by atoms with E-state index >= 15 is 0 Å². The zero-order valence-electron chi connectivity index (χ0n) is 12.4. The molecule has 0 heterocycles. The molecule has 7 N–H and O–H groups in total. The van der Waals surface area contributed by atoms with Crippen LogP contribution in [0.3, 0.4) is 0 Å². The lowest BCUT2D eigenvalue weighted by Gasteiger charge is -2.19. The average molecular weight is 333 g/mol. The predicted molar refractivity (Wildman–Crippen MR) is 85.5 cm³/mol. The summed E-state index contributed by atoms with van der Waals surface area (Å²) in [6, 6.07) is -1.79. The first-order valence-electron chi connectivity index (χ1n) is 6.69. The van der Waals surface area contributed by atoms with Crippen LogP contribution >= 0.6 is 11.8 Å². The van der Waals surface area contributed by atoms with Crippen LogP contribution < -0.4 is 22.1 Å². The maximum absolute atomic E-state index is 12.0. The van der Waals surface area contributed by atoms with Crippen LogP contribution in [0.1, 0.15) is 19.3 Å². The standard InChI is InChI=1S/C12H23N5O4S/c1-22-6-4-8(16-7-18)10(19)17-9(11(20)21)3-2-5-15-12(13)14/h7-9H,2-6H2,1H3,(H,16,18)(H,17,19)(H,20,21)(H4,13,14,15)/t8-,9-/m0/s1. The highest BCUT2D eigenvalue weighted by molar-refractivity contribution is 7.98. The van der Waals surface area contributed by atoms with E-state index in [4.69, 9.17) is 16.6 Å². The Morgan fingerprint density at radius 2 is 2.00 bits per heavy atom. The summed E-state index contributed by atoms with van der Waals surface area (Å²) in [4.78, 5) is 37.5. The van der Waals surface area contributed by atoms with Crippen molar-refractivity contribution in [3.8, 4) is 0 Å². The molecule has 22 heavy (non-hydrogen) atoms. The van der Waals surface area contributed by atoms with Crippen molar-refractivity contribution >= 4 is 36.0 Å². The van der Waals surface area contributed by atoms with E-state index in [1.54, 1.807) is 0 Å². The second kappa shape index (κ2) is 11.7. The smallest absolute Gasteiger partial charge is 0.326 e. The highest BCUT2D eigenvalue weighted by atomic mass is 32.2. The van der Waals surface area contributed by atoms with E-state index in [0.717, 1.165) is 0 Å². The number of carboxylic acids is 1. The van der Waals surface area contributed by atoms with E-state index in [-0.39, 0.29) is 18.9 Å². The molecule has 0 saturated heterocycles. The zero-order chi connectivity index (χ0) is 17.0. The number of aliphatic imine (C=N–C) groups is 1. The summed E-state index contributed by atoms with van der Waals surface area (Å²) >= 11 is 1.53. The van der Waals surface area contributed by atoms with E-state index in [9.17, 15) is 14.4 Å². The van der Waals surface area contributed by atoms with Crippen LogP contribution in [0.4, 0.5) is 0 Å². The maximum Gasteiger partial charge on any atom is 0.326 e. The second-order valence-corrected chi connectivity index (χ2v) is 5.45. The van der Waals surface area contributed by atoms with Gasteiger partial charge < -0.3 is 27.2 Å². The Morgan fingerprint density at radius 3 is 2.50 bits per heavy atom. The maximum atomic E-state index is 12.0. The average Bonchev–Trinajstić information content (AvgIpc) is 2.45. The van der Waals surface area contributed by atoms with Crippen molar-refractivity contribution in [3.05, 3.63) is 0 Å². The summed E-state index contributed by atoms with van der Waals surface area (Å²) in [7, 11) is 0. The first-order valence-corrected chi connectivity index (χ1v) is 8.09. The largest absolute Gasteiger partial charge is 0.480 e. The highest BCUT2D eigenvalue weighted by Gasteiger charge is 2.24. The lowest BCUT2D eigenvalue weighted by Crippen LogP contribution is -2.50. The molecule has 0 bridgehead atoms. The molecule has 0 fully saturated rings.